The van der Waals surface area contributed by atoms with Crippen molar-refractivity contribution in [2.45, 2.75) is 46.2 Å². The van der Waals surface area contributed by atoms with Crippen LogP contribution >= 0.6 is 11.3 Å². The van der Waals surface area contributed by atoms with E-state index >= 15 is 0 Å². The van der Waals surface area contributed by atoms with Crippen LogP contribution in [0.5, 0.6) is 0 Å². The van der Waals surface area contributed by atoms with Crippen LogP contribution in [0.4, 0.5) is 0 Å². The molecule has 19 heavy (non-hydrogen) atoms. The number of aromatic nitrogens is 3. The molecule has 0 amide bonds. The van der Waals surface area contributed by atoms with Crippen LogP contribution in [0, 0.1) is 0 Å². The van der Waals surface area contributed by atoms with Gasteiger partial charge < -0.3 is 5.32 Å². The Labute approximate surface area is 118 Å². The Balaban J connectivity index is 2.18. The first kappa shape index (κ1) is 14.1. The van der Waals surface area contributed by atoms with E-state index in [-0.39, 0.29) is 0 Å². The molecule has 0 bridgehead atoms. The number of hydrogen-bond acceptors (Lipinski definition) is 5. The molecule has 0 saturated carbocycles. The first-order valence-corrected chi connectivity index (χ1v) is 7.54. The second kappa shape index (κ2) is 6.73. The van der Waals surface area contributed by atoms with E-state index in [9.17, 15) is 0 Å². The third-order valence-corrected chi connectivity index (χ3v) is 4.24. The molecular formula is C14H20N4S. The summed E-state index contributed by atoms with van der Waals surface area (Å²) in [5.74, 6) is 0. The van der Waals surface area contributed by atoms with Gasteiger partial charge in [-0.05, 0) is 19.8 Å². The molecule has 0 fully saturated rings. The first-order chi connectivity index (χ1) is 9.24. The molecule has 0 spiro atoms. The lowest BCUT2D eigenvalue weighted by atomic mass is 10.2. The number of nitrogens with one attached hydrogen (secondary N) is 1. The highest BCUT2D eigenvalue weighted by Gasteiger charge is 2.12. The van der Waals surface area contributed by atoms with E-state index in [1.807, 2.05) is 0 Å². The normalized spacial score (nSPS) is 12.6. The number of thiazole rings is 1. The van der Waals surface area contributed by atoms with Crippen LogP contribution in [0.1, 0.15) is 37.8 Å². The first-order valence-electron chi connectivity index (χ1n) is 6.72. The fourth-order valence-corrected chi connectivity index (χ4v) is 2.79. The third kappa shape index (κ3) is 3.58. The Morgan fingerprint density at radius 1 is 1.32 bits per heavy atom. The van der Waals surface area contributed by atoms with Gasteiger partial charge in [-0.25, -0.2) is 4.98 Å². The highest BCUT2D eigenvalue weighted by atomic mass is 32.1. The Kier molecular flexibility index (Phi) is 4.99. The van der Waals surface area contributed by atoms with Gasteiger partial charge in [-0.1, -0.05) is 13.8 Å². The van der Waals surface area contributed by atoms with Gasteiger partial charge in [0.25, 0.3) is 0 Å². The molecule has 2 heterocycles. The Hall–Kier alpha value is -1.33. The Morgan fingerprint density at radius 3 is 2.79 bits per heavy atom. The summed E-state index contributed by atoms with van der Waals surface area (Å²) in [5, 5.41) is 4.49. The molecule has 0 aromatic carbocycles. The van der Waals surface area contributed by atoms with Crippen molar-refractivity contribution in [2.75, 3.05) is 0 Å². The van der Waals surface area contributed by atoms with Gasteiger partial charge in [-0.2, -0.15) is 0 Å². The number of hydrogen-bond donors (Lipinski definition) is 1. The maximum Gasteiger partial charge on any atom is 0.144 e. The van der Waals surface area contributed by atoms with Crippen molar-refractivity contribution >= 4 is 11.3 Å². The lowest BCUT2D eigenvalue weighted by Gasteiger charge is -2.10. The molecule has 2 aromatic rings. The molecule has 0 aliphatic heterocycles. The van der Waals surface area contributed by atoms with E-state index in [0.717, 1.165) is 30.1 Å². The van der Waals surface area contributed by atoms with Gasteiger partial charge in [-0.15, -0.1) is 11.3 Å². The highest BCUT2D eigenvalue weighted by Crippen LogP contribution is 2.26. The summed E-state index contributed by atoms with van der Waals surface area (Å²) in [6.45, 7) is 7.42. The second-order valence-corrected chi connectivity index (χ2v) is 5.61. The minimum absolute atomic E-state index is 0.534. The van der Waals surface area contributed by atoms with E-state index < -0.39 is 0 Å². The van der Waals surface area contributed by atoms with E-state index in [1.165, 1.54) is 10.6 Å². The van der Waals surface area contributed by atoms with Gasteiger partial charge in [-0.3, -0.25) is 9.97 Å². The minimum Gasteiger partial charge on any atom is -0.309 e. The topological polar surface area (TPSA) is 50.7 Å². The number of aryl methyl sites for hydroxylation is 1. The van der Waals surface area contributed by atoms with E-state index in [0.29, 0.717) is 6.04 Å². The van der Waals surface area contributed by atoms with Crippen LogP contribution in [0.3, 0.4) is 0 Å². The predicted molar refractivity (Wildman–Crippen MR) is 79.1 cm³/mol. The summed E-state index contributed by atoms with van der Waals surface area (Å²) in [6, 6.07) is 0.534. The van der Waals surface area contributed by atoms with Crippen molar-refractivity contribution in [1.82, 2.24) is 20.3 Å². The molecular weight excluding hydrogens is 256 g/mol. The Morgan fingerprint density at radius 2 is 2.16 bits per heavy atom. The number of rotatable bonds is 6. The molecule has 0 radical (unpaired) electrons. The highest BCUT2D eigenvalue weighted by molar-refractivity contribution is 7.15. The molecule has 1 atom stereocenters. The summed E-state index contributed by atoms with van der Waals surface area (Å²) in [7, 11) is 0. The molecule has 0 aliphatic rings. The summed E-state index contributed by atoms with van der Waals surface area (Å²) in [5.41, 5.74) is 2.03. The smallest absolute Gasteiger partial charge is 0.144 e. The number of nitrogens with zero attached hydrogens (tertiary/aromatic N) is 3. The minimum atomic E-state index is 0.534. The quantitative estimate of drug-likeness (QED) is 0.881. The van der Waals surface area contributed by atoms with Crippen molar-refractivity contribution in [3.05, 3.63) is 29.2 Å². The molecule has 1 N–H and O–H groups in total. The third-order valence-electron chi connectivity index (χ3n) is 3.12. The van der Waals surface area contributed by atoms with Crippen molar-refractivity contribution in [3.8, 4) is 10.7 Å². The van der Waals surface area contributed by atoms with Crippen LogP contribution in [0.15, 0.2) is 18.6 Å². The maximum absolute atomic E-state index is 4.68. The van der Waals surface area contributed by atoms with Crippen molar-refractivity contribution in [3.63, 3.8) is 0 Å². The van der Waals surface area contributed by atoms with Crippen LogP contribution in [-0.2, 0) is 13.0 Å². The molecule has 0 saturated heterocycles. The molecule has 2 aromatic heterocycles. The summed E-state index contributed by atoms with van der Waals surface area (Å²) in [6.07, 6.45) is 7.25. The molecule has 0 aliphatic carbocycles. The van der Waals surface area contributed by atoms with Crippen molar-refractivity contribution < 1.29 is 0 Å². The Bertz CT molecular complexity index is 509. The zero-order valence-electron chi connectivity index (χ0n) is 11.7. The standard InChI is InChI=1S/C14H20N4S/c1-4-10(3)17-9-13-11(5-2)18-14(19-13)12-8-15-6-7-16-12/h6-8,10,17H,4-5,9H2,1-3H3. The SMILES string of the molecule is CCc1nc(-c2cnccn2)sc1CNC(C)CC. The van der Waals surface area contributed by atoms with Crippen LogP contribution in [0.2, 0.25) is 0 Å². The predicted octanol–water partition coefficient (Wildman–Crippen LogP) is 3.05. The molecule has 4 nitrogen and oxygen atoms in total. The molecule has 1 unspecified atom stereocenters. The van der Waals surface area contributed by atoms with Gasteiger partial charge in [0.1, 0.15) is 10.7 Å². The van der Waals surface area contributed by atoms with E-state index in [4.69, 9.17) is 0 Å². The van der Waals surface area contributed by atoms with Gasteiger partial charge in [0.05, 0.1) is 11.9 Å². The average molecular weight is 276 g/mol. The molecule has 102 valence electrons. The fourth-order valence-electron chi connectivity index (χ4n) is 1.73. The maximum atomic E-state index is 4.68. The van der Waals surface area contributed by atoms with E-state index in [1.54, 1.807) is 29.9 Å². The van der Waals surface area contributed by atoms with E-state index in [2.05, 4.69) is 41.0 Å². The summed E-state index contributed by atoms with van der Waals surface area (Å²) < 4.78 is 0. The van der Waals surface area contributed by atoms with Crippen LogP contribution < -0.4 is 5.32 Å². The molecule has 2 rings (SSSR count). The van der Waals surface area contributed by atoms with Crippen LogP contribution in [0.25, 0.3) is 10.7 Å². The van der Waals surface area contributed by atoms with Crippen LogP contribution in [-0.4, -0.2) is 21.0 Å². The lowest BCUT2D eigenvalue weighted by molar-refractivity contribution is 0.535. The average Bonchev–Trinajstić information content (AvgIpc) is 2.89. The monoisotopic (exact) mass is 276 g/mol. The zero-order valence-corrected chi connectivity index (χ0v) is 12.5. The fraction of sp³-hybridized carbons (Fsp3) is 0.500. The van der Waals surface area contributed by atoms with Crippen molar-refractivity contribution in [2.24, 2.45) is 0 Å². The van der Waals surface area contributed by atoms with Gasteiger partial charge in [0.15, 0.2) is 0 Å². The lowest BCUT2D eigenvalue weighted by Crippen LogP contribution is -2.24. The van der Waals surface area contributed by atoms with Gasteiger partial charge in [0, 0.05) is 29.9 Å². The van der Waals surface area contributed by atoms with Crippen molar-refractivity contribution in [1.29, 1.82) is 0 Å². The largest absolute Gasteiger partial charge is 0.309 e. The molecule has 5 heteroatoms. The second-order valence-electron chi connectivity index (χ2n) is 4.52. The zero-order chi connectivity index (χ0) is 13.7. The van der Waals surface area contributed by atoms with Gasteiger partial charge >= 0.3 is 0 Å². The van der Waals surface area contributed by atoms with Gasteiger partial charge in [0.2, 0.25) is 0 Å². The summed E-state index contributed by atoms with van der Waals surface area (Å²) >= 11 is 1.71. The summed E-state index contributed by atoms with van der Waals surface area (Å²) in [4.78, 5) is 14.4.